The van der Waals surface area contributed by atoms with Crippen molar-refractivity contribution in [2.75, 3.05) is 53.0 Å². The third-order valence-electron chi connectivity index (χ3n) is 4.05. The Balaban J connectivity index is 1.76. The summed E-state index contributed by atoms with van der Waals surface area (Å²) in [5.74, 6) is -1.38. The number of methoxy groups -OCH3 is 1. The monoisotopic (exact) mass is 367 g/mol. The minimum Gasteiger partial charge on any atom is -0.479 e. The lowest BCUT2D eigenvalue weighted by Crippen LogP contribution is -2.50. The van der Waals surface area contributed by atoms with Crippen LogP contribution < -0.4 is 10.1 Å². The molecule has 1 saturated heterocycles. The van der Waals surface area contributed by atoms with Crippen molar-refractivity contribution in [3.05, 3.63) is 11.8 Å². The van der Waals surface area contributed by atoms with Crippen LogP contribution in [0.4, 0.5) is 0 Å². The maximum absolute atomic E-state index is 12.6. The van der Waals surface area contributed by atoms with Gasteiger partial charge in [-0.25, -0.2) is 4.79 Å². The maximum atomic E-state index is 12.6. The Labute approximate surface area is 152 Å². The minimum absolute atomic E-state index is 0.106. The Morgan fingerprint density at radius 2 is 1.92 bits per heavy atom. The second-order valence-corrected chi connectivity index (χ2v) is 5.84. The SMILES string of the molecule is CCOC(=O)C(=O)NCCN1CCN(C(=O)c2cn(C)nc2OC)CC1. The summed E-state index contributed by atoms with van der Waals surface area (Å²) in [6.45, 7) is 5.28. The summed E-state index contributed by atoms with van der Waals surface area (Å²) in [6, 6.07) is 0. The van der Waals surface area contributed by atoms with E-state index in [9.17, 15) is 14.4 Å². The van der Waals surface area contributed by atoms with Gasteiger partial charge in [0.05, 0.1) is 13.7 Å². The molecule has 2 heterocycles. The highest BCUT2D eigenvalue weighted by molar-refractivity contribution is 6.32. The lowest BCUT2D eigenvalue weighted by atomic mass is 10.2. The molecule has 2 rings (SSSR count). The van der Waals surface area contributed by atoms with E-state index in [2.05, 4.69) is 20.1 Å². The number of piperazine rings is 1. The van der Waals surface area contributed by atoms with Crippen molar-refractivity contribution >= 4 is 17.8 Å². The Morgan fingerprint density at radius 1 is 1.23 bits per heavy atom. The van der Waals surface area contributed by atoms with Crippen LogP contribution in [0.1, 0.15) is 17.3 Å². The van der Waals surface area contributed by atoms with Crippen LogP contribution in [-0.2, 0) is 21.4 Å². The molecular formula is C16H25N5O5. The lowest BCUT2D eigenvalue weighted by molar-refractivity contribution is -0.154. The first kappa shape index (κ1) is 19.7. The Morgan fingerprint density at radius 3 is 2.54 bits per heavy atom. The number of amides is 2. The number of ether oxygens (including phenoxy) is 2. The molecule has 10 nitrogen and oxygen atoms in total. The highest BCUT2D eigenvalue weighted by atomic mass is 16.5. The van der Waals surface area contributed by atoms with E-state index in [1.807, 2.05) is 0 Å². The van der Waals surface area contributed by atoms with Crippen LogP contribution in [0.25, 0.3) is 0 Å². The van der Waals surface area contributed by atoms with Gasteiger partial charge < -0.3 is 19.7 Å². The molecule has 26 heavy (non-hydrogen) atoms. The molecule has 1 aliphatic heterocycles. The standard InChI is InChI=1S/C16H25N5O5/c1-4-26-16(24)13(22)17-5-6-20-7-9-21(10-8-20)15(23)12-11-19(2)18-14(12)25-3/h11H,4-10H2,1-3H3,(H,17,22). The third-order valence-corrected chi connectivity index (χ3v) is 4.05. The van der Waals surface area contributed by atoms with E-state index < -0.39 is 11.9 Å². The number of carbonyl (C=O) groups is 3. The van der Waals surface area contributed by atoms with E-state index in [-0.39, 0.29) is 12.5 Å². The molecule has 0 aliphatic carbocycles. The summed E-state index contributed by atoms with van der Waals surface area (Å²) in [4.78, 5) is 39.2. The zero-order chi connectivity index (χ0) is 19.1. The quantitative estimate of drug-likeness (QED) is 0.501. The Kier molecular flexibility index (Phi) is 6.96. The van der Waals surface area contributed by atoms with E-state index in [4.69, 9.17) is 4.74 Å². The summed E-state index contributed by atoms with van der Waals surface area (Å²) < 4.78 is 11.3. The Bertz CT molecular complexity index is 651. The minimum atomic E-state index is -0.867. The van der Waals surface area contributed by atoms with E-state index in [0.29, 0.717) is 50.7 Å². The van der Waals surface area contributed by atoms with Crippen LogP contribution in [0, 0.1) is 0 Å². The summed E-state index contributed by atoms with van der Waals surface area (Å²) in [6.07, 6.45) is 1.65. The number of hydrogen-bond donors (Lipinski definition) is 1. The first-order valence-electron chi connectivity index (χ1n) is 8.50. The second-order valence-electron chi connectivity index (χ2n) is 5.84. The van der Waals surface area contributed by atoms with Gasteiger partial charge in [0.25, 0.3) is 5.91 Å². The van der Waals surface area contributed by atoms with Crippen LogP contribution in [0.2, 0.25) is 0 Å². The van der Waals surface area contributed by atoms with Gasteiger partial charge in [-0.3, -0.25) is 19.2 Å². The van der Waals surface area contributed by atoms with Crippen molar-refractivity contribution < 1.29 is 23.9 Å². The lowest BCUT2D eigenvalue weighted by Gasteiger charge is -2.34. The molecule has 0 saturated carbocycles. The first-order chi connectivity index (χ1) is 12.5. The van der Waals surface area contributed by atoms with E-state index in [1.54, 1.807) is 29.7 Å². The summed E-state index contributed by atoms with van der Waals surface area (Å²) in [5.41, 5.74) is 0.449. The molecule has 0 radical (unpaired) electrons. The molecule has 1 aromatic heterocycles. The normalized spacial score (nSPS) is 14.8. The zero-order valence-corrected chi connectivity index (χ0v) is 15.4. The predicted molar refractivity (Wildman–Crippen MR) is 91.7 cm³/mol. The van der Waals surface area contributed by atoms with Gasteiger partial charge in [-0.05, 0) is 6.92 Å². The molecular weight excluding hydrogens is 342 g/mol. The highest BCUT2D eigenvalue weighted by Crippen LogP contribution is 2.18. The van der Waals surface area contributed by atoms with E-state index >= 15 is 0 Å². The van der Waals surface area contributed by atoms with Crippen molar-refractivity contribution in [1.82, 2.24) is 24.9 Å². The van der Waals surface area contributed by atoms with Crippen molar-refractivity contribution in [3.63, 3.8) is 0 Å². The molecule has 0 spiro atoms. The van der Waals surface area contributed by atoms with Crippen molar-refractivity contribution in [1.29, 1.82) is 0 Å². The third kappa shape index (κ3) is 4.94. The fourth-order valence-corrected chi connectivity index (χ4v) is 2.71. The summed E-state index contributed by atoms with van der Waals surface area (Å²) in [5, 5.41) is 6.63. The van der Waals surface area contributed by atoms with Crippen LogP contribution >= 0.6 is 0 Å². The number of carbonyl (C=O) groups excluding carboxylic acids is 3. The largest absolute Gasteiger partial charge is 0.479 e. The summed E-state index contributed by atoms with van der Waals surface area (Å²) >= 11 is 0. The van der Waals surface area contributed by atoms with Crippen LogP contribution in [0.5, 0.6) is 5.88 Å². The average molecular weight is 367 g/mol. The van der Waals surface area contributed by atoms with Crippen LogP contribution in [0.3, 0.4) is 0 Å². The molecule has 1 aliphatic rings. The number of nitrogens with one attached hydrogen (secondary N) is 1. The molecule has 1 fully saturated rings. The maximum Gasteiger partial charge on any atom is 0.396 e. The molecule has 10 heteroatoms. The number of rotatable bonds is 6. The molecule has 2 amide bonds. The van der Waals surface area contributed by atoms with Gasteiger partial charge in [-0.2, -0.15) is 0 Å². The number of aromatic nitrogens is 2. The molecule has 144 valence electrons. The van der Waals surface area contributed by atoms with Crippen molar-refractivity contribution in [2.24, 2.45) is 7.05 Å². The number of aryl methyl sites for hydroxylation is 1. The van der Waals surface area contributed by atoms with E-state index in [0.717, 1.165) is 0 Å². The highest BCUT2D eigenvalue weighted by Gasteiger charge is 2.26. The van der Waals surface area contributed by atoms with Gasteiger partial charge in [0, 0.05) is 52.5 Å². The van der Waals surface area contributed by atoms with Gasteiger partial charge in [-0.15, -0.1) is 5.10 Å². The van der Waals surface area contributed by atoms with Crippen LogP contribution in [0.15, 0.2) is 6.20 Å². The van der Waals surface area contributed by atoms with Crippen LogP contribution in [-0.4, -0.2) is 90.3 Å². The molecule has 0 aromatic carbocycles. The van der Waals surface area contributed by atoms with Gasteiger partial charge in [0.1, 0.15) is 5.56 Å². The smallest absolute Gasteiger partial charge is 0.396 e. The topological polar surface area (TPSA) is 106 Å². The molecule has 1 aromatic rings. The fourth-order valence-electron chi connectivity index (χ4n) is 2.71. The first-order valence-corrected chi connectivity index (χ1v) is 8.50. The molecule has 0 unspecified atom stereocenters. The molecule has 0 atom stereocenters. The van der Waals surface area contributed by atoms with Gasteiger partial charge >= 0.3 is 11.9 Å². The summed E-state index contributed by atoms with van der Waals surface area (Å²) in [7, 11) is 3.23. The zero-order valence-electron chi connectivity index (χ0n) is 15.4. The average Bonchev–Trinajstić information content (AvgIpc) is 3.02. The fraction of sp³-hybridized carbons (Fsp3) is 0.625. The number of nitrogens with zero attached hydrogens (tertiary/aromatic N) is 4. The second kappa shape index (κ2) is 9.18. The number of esters is 1. The molecule has 1 N–H and O–H groups in total. The Hall–Kier alpha value is -2.62. The molecule has 0 bridgehead atoms. The van der Waals surface area contributed by atoms with Crippen molar-refractivity contribution in [3.8, 4) is 5.88 Å². The van der Waals surface area contributed by atoms with Crippen molar-refractivity contribution in [2.45, 2.75) is 6.92 Å². The van der Waals surface area contributed by atoms with Gasteiger partial charge in [0.15, 0.2) is 0 Å². The van der Waals surface area contributed by atoms with Gasteiger partial charge in [-0.1, -0.05) is 0 Å². The number of hydrogen-bond acceptors (Lipinski definition) is 7. The van der Waals surface area contributed by atoms with E-state index in [1.165, 1.54) is 7.11 Å². The van der Waals surface area contributed by atoms with Gasteiger partial charge in [0.2, 0.25) is 5.88 Å². The predicted octanol–water partition coefficient (Wildman–Crippen LogP) is -1.13.